The normalized spacial score (nSPS) is 29.5. The average Bonchev–Trinajstić information content (AvgIpc) is 2.25. The molecule has 2 aliphatic rings. The van der Waals surface area contributed by atoms with Crippen LogP contribution in [-0.4, -0.2) is 54.5 Å². The molecule has 0 bridgehead atoms. The van der Waals surface area contributed by atoms with Crippen LogP contribution in [0.15, 0.2) is 0 Å². The van der Waals surface area contributed by atoms with Crippen molar-refractivity contribution in [1.29, 1.82) is 0 Å². The summed E-state index contributed by atoms with van der Waals surface area (Å²) < 4.78 is 0. The minimum absolute atomic E-state index is 0.0729. The van der Waals surface area contributed by atoms with Crippen molar-refractivity contribution in [2.24, 2.45) is 0 Å². The summed E-state index contributed by atoms with van der Waals surface area (Å²) in [5.41, 5.74) is 0. The molecule has 0 radical (unpaired) electrons. The third-order valence-corrected chi connectivity index (χ3v) is 2.83. The molecule has 2 aliphatic heterocycles. The van der Waals surface area contributed by atoms with Gasteiger partial charge in [-0.15, -0.1) is 0 Å². The fourth-order valence-corrected chi connectivity index (χ4v) is 2.14. The number of nitrogens with zero attached hydrogens (tertiary/aromatic N) is 2. The number of carbonyl (C=O) groups excluding carboxylic acids is 2. The lowest BCUT2D eigenvalue weighted by Gasteiger charge is -2.34. The van der Waals surface area contributed by atoms with Gasteiger partial charge in [-0.3, -0.25) is 10.1 Å². The van der Waals surface area contributed by atoms with E-state index in [-0.39, 0.29) is 18.0 Å². The molecule has 0 aromatic carbocycles. The molecular weight excluding hydrogens is 182 g/mol. The molecule has 0 aliphatic carbocycles. The maximum atomic E-state index is 11.5. The first-order valence-corrected chi connectivity index (χ1v) is 4.96. The molecule has 1 N–H and O–H groups in total. The van der Waals surface area contributed by atoms with Crippen LogP contribution in [0, 0.1) is 0 Å². The van der Waals surface area contributed by atoms with Gasteiger partial charge in [-0.2, -0.15) is 0 Å². The molecule has 78 valence electrons. The number of likely N-dealkylation sites (N-methyl/N-ethyl adjacent to an activating group) is 1. The average molecular weight is 197 g/mol. The maximum absolute atomic E-state index is 11.5. The number of nitrogens with one attached hydrogen (secondary N) is 1. The molecule has 2 fully saturated rings. The van der Waals surface area contributed by atoms with Crippen molar-refractivity contribution in [2.45, 2.75) is 18.9 Å². The van der Waals surface area contributed by atoms with Gasteiger partial charge in [0.05, 0.1) is 6.04 Å². The highest BCUT2D eigenvalue weighted by atomic mass is 16.2. The van der Waals surface area contributed by atoms with Crippen LogP contribution in [-0.2, 0) is 4.79 Å². The van der Waals surface area contributed by atoms with Crippen molar-refractivity contribution in [3.63, 3.8) is 0 Å². The Morgan fingerprint density at radius 2 is 2.14 bits per heavy atom. The van der Waals surface area contributed by atoms with Crippen LogP contribution in [0.4, 0.5) is 4.79 Å². The Bertz CT molecular complexity index is 267. The van der Waals surface area contributed by atoms with E-state index in [0.717, 1.165) is 26.1 Å². The van der Waals surface area contributed by atoms with Gasteiger partial charge in [0.1, 0.15) is 0 Å². The molecular formula is C9H15N3O2. The fourth-order valence-electron chi connectivity index (χ4n) is 2.14. The second-order valence-electron chi connectivity index (χ2n) is 4.02. The van der Waals surface area contributed by atoms with Crippen LogP contribution >= 0.6 is 0 Å². The number of rotatable bonds is 0. The number of hydrogen-bond donors (Lipinski definition) is 1. The standard InChI is InChI=1S/C9H15N3O2/c1-11-3-2-4-12-7(6-11)5-8(13)10-9(12)14/h7H,2-6H2,1H3,(H,10,13,14). The summed E-state index contributed by atoms with van der Waals surface area (Å²) in [6.07, 6.45) is 1.42. The lowest BCUT2D eigenvalue weighted by Crippen LogP contribution is -2.56. The summed E-state index contributed by atoms with van der Waals surface area (Å²) in [5.74, 6) is -0.147. The lowest BCUT2D eigenvalue weighted by atomic mass is 10.1. The van der Waals surface area contributed by atoms with Crippen molar-refractivity contribution in [1.82, 2.24) is 15.1 Å². The molecule has 0 saturated carbocycles. The van der Waals surface area contributed by atoms with E-state index in [0.29, 0.717) is 6.42 Å². The van der Waals surface area contributed by atoms with Crippen molar-refractivity contribution in [2.75, 3.05) is 26.7 Å². The van der Waals surface area contributed by atoms with Gasteiger partial charge in [0.2, 0.25) is 5.91 Å². The molecule has 2 heterocycles. The molecule has 5 heteroatoms. The molecule has 5 nitrogen and oxygen atoms in total. The van der Waals surface area contributed by atoms with Crippen molar-refractivity contribution in [3.05, 3.63) is 0 Å². The zero-order valence-electron chi connectivity index (χ0n) is 8.32. The number of amides is 3. The minimum atomic E-state index is -0.221. The molecule has 1 atom stereocenters. The Morgan fingerprint density at radius 3 is 2.93 bits per heavy atom. The molecule has 2 saturated heterocycles. The Morgan fingerprint density at radius 1 is 1.36 bits per heavy atom. The number of fused-ring (bicyclic) bond motifs is 1. The molecule has 1 unspecified atom stereocenters. The fraction of sp³-hybridized carbons (Fsp3) is 0.778. The van der Waals surface area contributed by atoms with Crippen LogP contribution in [0.5, 0.6) is 0 Å². The van der Waals surface area contributed by atoms with E-state index in [1.807, 2.05) is 7.05 Å². The number of urea groups is 1. The first-order chi connectivity index (χ1) is 6.66. The third-order valence-electron chi connectivity index (χ3n) is 2.83. The van der Waals surface area contributed by atoms with Gasteiger partial charge in [-0.25, -0.2) is 4.79 Å². The van der Waals surface area contributed by atoms with E-state index in [9.17, 15) is 9.59 Å². The van der Waals surface area contributed by atoms with E-state index < -0.39 is 0 Å². The van der Waals surface area contributed by atoms with E-state index in [1.165, 1.54) is 0 Å². The predicted octanol–water partition coefficient (Wildman–Crippen LogP) is -0.368. The highest BCUT2D eigenvalue weighted by Gasteiger charge is 2.33. The first-order valence-electron chi connectivity index (χ1n) is 4.96. The van der Waals surface area contributed by atoms with E-state index in [1.54, 1.807) is 4.90 Å². The topological polar surface area (TPSA) is 52.6 Å². The third kappa shape index (κ3) is 1.72. The lowest BCUT2D eigenvalue weighted by molar-refractivity contribution is -0.122. The van der Waals surface area contributed by atoms with Gasteiger partial charge in [-0.05, 0) is 20.0 Å². The van der Waals surface area contributed by atoms with Crippen molar-refractivity contribution < 1.29 is 9.59 Å². The van der Waals surface area contributed by atoms with Crippen molar-refractivity contribution in [3.8, 4) is 0 Å². The van der Waals surface area contributed by atoms with E-state index in [2.05, 4.69) is 10.2 Å². The number of carbonyl (C=O) groups is 2. The first kappa shape index (κ1) is 9.45. The monoisotopic (exact) mass is 197 g/mol. The van der Waals surface area contributed by atoms with Gasteiger partial charge in [0, 0.05) is 19.5 Å². The Balaban J connectivity index is 2.13. The summed E-state index contributed by atoms with van der Waals surface area (Å²) in [7, 11) is 2.03. The molecule has 2 rings (SSSR count). The van der Waals surface area contributed by atoms with Crippen LogP contribution in [0.25, 0.3) is 0 Å². The summed E-state index contributed by atoms with van der Waals surface area (Å²) in [6.45, 7) is 2.56. The minimum Gasteiger partial charge on any atom is -0.320 e. The zero-order chi connectivity index (χ0) is 10.1. The van der Waals surface area contributed by atoms with Gasteiger partial charge in [0.15, 0.2) is 0 Å². The second-order valence-corrected chi connectivity index (χ2v) is 4.02. The molecule has 0 aromatic heterocycles. The number of imide groups is 1. The van der Waals surface area contributed by atoms with Gasteiger partial charge < -0.3 is 9.80 Å². The maximum Gasteiger partial charge on any atom is 0.324 e. The van der Waals surface area contributed by atoms with E-state index >= 15 is 0 Å². The quantitative estimate of drug-likeness (QED) is 0.576. The van der Waals surface area contributed by atoms with Gasteiger partial charge >= 0.3 is 6.03 Å². The molecule has 0 aromatic rings. The second kappa shape index (κ2) is 3.57. The summed E-state index contributed by atoms with van der Waals surface area (Å²) >= 11 is 0. The largest absolute Gasteiger partial charge is 0.324 e. The SMILES string of the molecule is CN1CCCN2C(=O)NC(=O)CC2C1. The highest BCUT2D eigenvalue weighted by molar-refractivity contribution is 5.97. The molecule has 14 heavy (non-hydrogen) atoms. The van der Waals surface area contributed by atoms with E-state index in [4.69, 9.17) is 0 Å². The Kier molecular flexibility index (Phi) is 2.41. The summed E-state index contributed by atoms with van der Waals surface area (Å²) in [4.78, 5) is 26.6. The summed E-state index contributed by atoms with van der Waals surface area (Å²) in [6, 6.07) is -0.148. The van der Waals surface area contributed by atoms with Crippen LogP contribution in [0.1, 0.15) is 12.8 Å². The van der Waals surface area contributed by atoms with Crippen LogP contribution in [0.3, 0.4) is 0 Å². The van der Waals surface area contributed by atoms with Crippen LogP contribution in [0.2, 0.25) is 0 Å². The molecule has 0 spiro atoms. The Labute approximate surface area is 83.0 Å². The van der Waals surface area contributed by atoms with Crippen LogP contribution < -0.4 is 5.32 Å². The summed E-state index contributed by atoms with van der Waals surface area (Å²) in [5, 5.41) is 2.35. The van der Waals surface area contributed by atoms with Gasteiger partial charge in [0.25, 0.3) is 0 Å². The Hall–Kier alpha value is -1.10. The van der Waals surface area contributed by atoms with Gasteiger partial charge in [-0.1, -0.05) is 0 Å². The van der Waals surface area contributed by atoms with Crippen molar-refractivity contribution >= 4 is 11.9 Å². The molecule has 3 amide bonds. The zero-order valence-corrected chi connectivity index (χ0v) is 8.32. The smallest absolute Gasteiger partial charge is 0.320 e. The predicted molar refractivity (Wildman–Crippen MR) is 50.8 cm³/mol. The number of hydrogen-bond acceptors (Lipinski definition) is 3. The highest BCUT2D eigenvalue weighted by Crippen LogP contribution is 2.15.